The molecule has 6 rings (SSSR count). The van der Waals surface area contributed by atoms with Gasteiger partial charge in [-0.1, -0.05) is 28.1 Å². The Kier molecular flexibility index (Phi) is 8.91. The van der Waals surface area contributed by atoms with Crippen LogP contribution in [0, 0.1) is 5.92 Å². The summed E-state index contributed by atoms with van der Waals surface area (Å²) in [5.74, 6) is -3.27. The number of rotatable bonds is 11. The minimum atomic E-state index is -1.40. The number of carbonyl (C=O) groups excluding carboxylic acids is 2. The Morgan fingerprint density at radius 2 is 2.15 bits per heavy atom. The summed E-state index contributed by atoms with van der Waals surface area (Å²) in [7, 11) is 0. The molecular weight excluding hydrogens is 660 g/mol. The van der Waals surface area contributed by atoms with E-state index in [0.29, 0.717) is 17.2 Å². The van der Waals surface area contributed by atoms with Crippen LogP contribution < -0.4 is 20.9 Å². The average molecular weight is 690 g/mol. The van der Waals surface area contributed by atoms with Crippen LogP contribution in [0.4, 0.5) is 5.13 Å². The van der Waals surface area contributed by atoms with Gasteiger partial charge in [0.05, 0.1) is 0 Å². The summed E-state index contributed by atoms with van der Waals surface area (Å²) in [6.45, 7) is 4.34. The maximum atomic E-state index is 13.4. The van der Waals surface area contributed by atoms with Crippen LogP contribution in [0.3, 0.4) is 0 Å². The fraction of sp³-hybridized carbons (Fsp3) is 0.393. The molecule has 4 atom stereocenters. The highest BCUT2D eigenvalue weighted by atomic mass is 35.5. The number of β-lactam (4-membered cyclic amide) rings is 1. The molecule has 6 N–H and O–H groups in total. The van der Waals surface area contributed by atoms with Crippen molar-refractivity contribution in [2.24, 2.45) is 11.1 Å². The van der Waals surface area contributed by atoms with Gasteiger partial charge >= 0.3 is 11.9 Å². The number of carboxylic acids is 2. The van der Waals surface area contributed by atoms with Crippen molar-refractivity contribution < 1.29 is 38.8 Å². The molecule has 0 spiro atoms. The molecular formula is C28H30ClN8O7S2+. The number of nitrogen functional groups attached to an aromatic ring is 1. The minimum absolute atomic E-state index is 0.00530. The van der Waals surface area contributed by atoms with Gasteiger partial charge < -0.3 is 36.0 Å². The average Bonchev–Trinajstić information content (AvgIpc) is 3.77. The van der Waals surface area contributed by atoms with Crippen LogP contribution in [0.25, 0.3) is 11.0 Å². The van der Waals surface area contributed by atoms with E-state index in [9.17, 15) is 24.3 Å². The van der Waals surface area contributed by atoms with Gasteiger partial charge in [0.15, 0.2) is 23.6 Å². The normalized spacial score (nSPS) is 22.0. The maximum Gasteiger partial charge on any atom is 0.352 e. The molecule has 0 aliphatic carbocycles. The van der Waals surface area contributed by atoms with Gasteiger partial charge in [-0.25, -0.2) is 14.6 Å². The quantitative estimate of drug-likeness (QED) is 0.0826. The lowest BCUT2D eigenvalue weighted by atomic mass is 10.0. The zero-order chi connectivity index (χ0) is 32.7. The lowest BCUT2D eigenvalue weighted by Crippen LogP contribution is -2.71. The molecule has 6 heterocycles. The van der Waals surface area contributed by atoms with Crippen LogP contribution in [-0.4, -0.2) is 90.5 Å². The van der Waals surface area contributed by atoms with Crippen LogP contribution in [0.15, 0.2) is 47.0 Å². The first-order valence-corrected chi connectivity index (χ1v) is 16.6. The largest absolute Gasteiger partial charge is 0.478 e. The standard InChI is InChI=1S/C28H29ClN8O7S2/c1-13(26(40)41)44-34-19(18-22(29)46-28(30)33-18)23(38)32-20-24(39)37-21(27(42)43)15(12-45-25(20)37)11-35-7-2-3-16-17(35)5-8-36(16)10-14-4-6-31-9-14/h2-3,5,7-8,13-14,20,25,31H,4,6,9-12H2,1H3,(H4-,30,32,33,38,40,41,42,43)/p+1/t13-,14-,20+,25+/m0/s1. The molecule has 3 aromatic rings. The van der Waals surface area contributed by atoms with Crippen LogP contribution in [-0.2, 0) is 37.1 Å². The number of carbonyl (C=O) groups is 4. The van der Waals surface area contributed by atoms with Crippen LogP contribution in [0.5, 0.6) is 0 Å². The molecule has 3 aromatic heterocycles. The molecule has 0 radical (unpaired) electrons. The van der Waals surface area contributed by atoms with Crippen molar-refractivity contribution in [3.63, 3.8) is 0 Å². The molecule has 0 unspecified atom stereocenters. The molecule has 2 saturated heterocycles. The topological polar surface area (TPSA) is 205 Å². The monoisotopic (exact) mass is 689 g/mol. The number of amides is 2. The lowest BCUT2D eigenvalue weighted by Gasteiger charge is -2.49. The zero-order valence-corrected chi connectivity index (χ0v) is 26.8. The van der Waals surface area contributed by atoms with E-state index in [4.69, 9.17) is 27.3 Å². The summed E-state index contributed by atoms with van der Waals surface area (Å²) in [5, 5.41) is 28.3. The van der Waals surface area contributed by atoms with Gasteiger partial charge in [0, 0.05) is 36.2 Å². The Bertz CT molecular complexity index is 1800. The highest BCUT2D eigenvalue weighted by molar-refractivity contribution is 8.00. The van der Waals surface area contributed by atoms with Crippen molar-refractivity contribution in [1.82, 2.24) is 25.1 Å². The third-order valence-electron chi connectivity index (χ3n) is 8.02. The number of oxime groups is 1. The number of nitrogens with one attached hydrogen (secondary N) is 2. The van der Waals surface area contributed by atoms with E-state index >= 15 is 0 Å². The Hall–Kier alpha value is -4.19. The summed E-state index contributed by atoms with van der Waals surface area (Å²) in [5.41, 5.74) is 7.52. The number of thiazole rings is 1. The van der Waals surface area contributed by atoms with Gasteiger partial charge in [-0.15, -0.1) is 11.8 Å². The predicted octanol–water partition coefficient (Wildman–Crippen LogP) is 0.863. The van der Waals surface area contributed by atoms with Gasteiger partial charge in [0.25, 0.3) is 11.8 Å². The second-order valence-corrected chi connectivity index (χ2v) is 13.8. The van der Waals surface area contributed by atoms with Crippen molar-refractivity contribution in [3.05, 3.63) is 51.9 Å². The number of anilines is 1. The molecule has 0 bridgehead atoms. The van der Waals surface area contributed by atoms with Gasteiger partial charge in [-0.05, 0) is 38.4 Å². The molecule has 242 valence electrons. The predicted molar refractivity (Wildman–Crippen MR) is 169 cm³/mol. The van der Waals surface area contributed by atoms with Gasteiger partial charge in [-0.2, -0.15) is 4.57 Å². The Morgan fingerprint density at radius 1 is 1.35 bits per heavy atom. The fourth-order valence-corrected chi connectivity index (χ4v) is 7.98. The Labute approximate surface area is 275 Å². The number of nitrogens with two attached hydrogens (primary N) is 1. The summed E-state index contributed by atoms with van der Waals surface area (Å²) in [6.07, 6.45) is 3.64. The molecule has 2 fully saturated rings. The van der Waals surface area contributed by atoms with Gasteiger partial charge in [0.1, 0.15) is 32.7 Å². The second kappa shape index (κ2) is 12.9. The summed E-state index contributed by atoms with van der Waals surface area (Å²) in [4.78, 5) is 60.6. The Morgan fingerprint density at radius 3 is 2.83 bits per heavy atom. The zero-order valence-electron chi connectivity index (χ0n) is 24.4. The second-order valence-electron chi connectivity index (χ2n) is 11.1. The third-order valence-corrected chi connectivity index (χ3v) is 10.4. The molecule has 15 nitrogen and oxygen atoms in total. The van der Waals surface area contributed by atoms with E-state index in [1.165, 1.54) is 23.6 Å². The van der Waals surface area contributed by atoms with Crippen LogP contribution in [0.1, 0.15) is 19.0 Å². The van der Waals surface area contributed by atoms with Crippen molar-refractivity contribution >= 4 is 80.3 Å². The molecule has 3 aliphatic rings. The van der Waals surface area contributed by atoms with E-state index in [2.05, 4.69) is 25.3 Å². The lowest BCUT2D eigenvalue weighted by molar-refractivity contribution is -0.663. The maximum absolute atomic E-state index is 13.4. The van der Waals surface area contributed by atoms with E-state index in [1.807, 2.05) is 35.2 Å². The highest BCUT2D eigenvalue weighted by Gasteiger charge is 2.55. The first-order chi connectivity index (χ1) is 22.0. The number of aromatic nitrogens is 3. The van der Waals surface area contributed by atoms with E-state index < -0.39 is 47.0 Å². The van der Waals surface area contributed by atoms with Crippen molar-refractivity contribution in [3.8, 4) is 0 Å². The number of aliphatic carboxylic acids is 2. The molecule has 3 aliphatic heterocycles. The molecule has 46 heavy (non-hydrogen) atoms. The van der Waals surface area contributed by atoms with Crippen molar-refractivity contribution in [2.75, 3.05) is 24.6 Å². The van der Waals surface area contributed by atoms with Crippen molar-refractivity contribution in [1.29, 1.82) is 0 Å². The molecule has 0 aromatic carbocycles. The minimum Gasteiger partial charge on any atom is -0.478 e. The summed E-state index contributed by atoms with van der Waals surface area (Å²) in [6, 6.07) is 4.88. The van der Waals surface area contributed by atoms with Crippen LogP contribution >= 0.6 is 34.7 Å². The number of thioether (sulfide) groups is 1. The summed E-state index contributed by atoms with van der Waals surface area (Å²) >= 11 is 8.37. The van der Waals surface area contributed by atoms with E-state index in [1.54, 1.807) is 0 Å². The first kappa shape index (κ1) is 31.8. The number of nitrogens with zero attached hydrogens (tertiary/aromatic N) is 5. The number of halogens is 1. The summed E-state index contributed by atoms with van der Waals surface area (Å²) < 4.78 is 4.20. The van der Waals surface area contributed by atoms with Crippen molar-refractivity contribution in [2.45, 2.75) is 44.0 Å². The smallest absolute Gasteiger partial charge is 0.352 e. The number of fused-ring (bicyclic) bond motifs is 2. The number of hydrogen-bond acceptors (Lipinski definition) is 11. The first-order valence-electron chi connectivity index (χ1n) is 14.3. The van der Waals surface area contributed by atoms with E-state index in [0.717, 1.165) is 48.4 Å². The SMILES string of the molecule is C[C@H](ON=C(C(=O)N[C@@H]1C(=O)N2C(C(=O)O)=C(C[n+]3cccc4c3ccn4C[C@H]3CCNC3)CS[C@H]12)c1nc(N)sc1Cl)C(=O)O. The third kappa shape index (κ3) is 6.02. The van der Waals surface area contributed by atoms with Gasteiger partial charge in [0.2, 0.25) is 11.6 Å². The molecule has 0 saturated carbocycles. The fourth-order valence-electron chi connectivity index (χ4n) is 5.71. The molecule has 2 amide bonds. The van der Waals surface area contributed by atoms with Crippen LogP contribution in [0.2, 0.25) is 4.34 Å². The highest BCUT2D eigenvalue weighted by Crippen LogP contribution is 2.40. The number of carboxylic acid groups (broad SMARTS) is 2. The van der Waals surface area contributed by atoms with Gasteiger partial charge in [-0.3, -0.25) is 14.5 Å². The Balaban J connectivity index is 1.22. The van der Waals surface area contributed by atoms with E-state index in [-0.39, 0.29) is 27.4 Å². The number of pyridine rings is 1. The molecule has 18 heteroatoms. The number of hydrogen-bond donors (Lipinski definition) is 5.